The number of nitrogens with one attached hydrogen (secondary N) is 1. The number of hydrogen-bond donors (Lipinski definition) is 2. The van der Waals surface area contributed by atoms with Crippen LogP contribution in [-0.2, 0) is 4.79 Å². The zero-order valence-electron chi connectivity index (χ0n) is 12.4. The summed E-state index contributed by atoms with van der Waals surface area (Å²) in [6.07, 6.45) is 0.930. The zero-order valence-corrected chi connectivity index (χ0v) is 12.4. The van der Waals surface area contributed by atoms with E-state index < -0.39 is 0 Å². The molecular weight excluding hydrogens is 254 g/mol. The number of nitrogen functional groups attached to an aromatic ring is 1. The summed E-state index contributed by atoms with van der Waals surface area (Å²) in [6.45, 7) is 7.68. The first-order chi connectivity index (χ1) is 9.43. The van der Waals surface area contributed by atoms with Crippen molar-refractivity contribution in [3.05, 3.63) is 18.2 Å². The monoisotopic (exact) mass is 277 g/mol. The van der Waals surface area contributed by atoms with Crippen LogP contribution in [0.2, 0.25) is 0 Å². The van der Waals surface area contributed by atoms with E-state index >= 15 is 0 Å². The molecule has 1 aliphatic rings. The second-order valence-corrected chi connectivity index (χ2v) is 5.76. The van der Waals surface area contributed by atoms with Gasteiger partial charge >= 0.3 is 0 Å². The summed E-state index contributed by atoms with van der Waals surface area (Å²) in [5, 5.41) is 2.90. The first-order valence-electron chi connectivity index (χ1n) is 7.02. The maximum Gasteiger partial charge on any atom is 0.239 e. The fourth-order valence-electron chi connectivity index (χ4n) is 2.46. The Balaban J connectivity index is 2.22. The van der Waals surface area contributed by atoms with Crippen LogP contribution in [0.25, 0.3) is 0 Å². The van der Waals surface area contributed by atoms with Crippen LogP contribution in [0.5, 0.6) is 5.75 Å². The summed E-state index contributed by atoms with van der Waals surface area (Å²) < 4.78 is 5.94. The van der Waals surface area contributed by atoms with Crippen molar-refractivity contribution in [1.29, 1.82) is 0 Å². The van der Waals surface area contributed by atoms with Crippen molar-refractivity contribution in [3.8, 4) is 5.75 Å². The summed E-state index contributed by atoms with van der Waals surface area (Å²) in [7, 11) is 0. The lowest BCUT2D eigenvalue weighted by atomic mass is 10.0. The Morgan fingerprint density at radius 1 is 1.50 bits per heavy atom. The Hall–Kier alpha value is -1.91. The quantitative estimate of drug-likeness (QED) is 0.823. The van der Waals surface area contributed by atoms with Gasteiger partial charge in [-0.25, -0.2) is 0 Å². The molecule has 5 nitrogen and oxygen atoms in total. The van der Waals surface area contributed by atoms with E-state index in [-0.39, 0.29) is 11.5 Å². The molecule has 3 N–H and O–H groups in total. The Morgan fingerprint density at radius 2 is 2.25 bits per heavy atom. The second kappa shape index (κ2) is 5.61. The number of carbonyl (C=O) groups excluding carboxylic acids is 1. The first-order valence-corrected chi connectivity index (χ1v) is 7.02. The van der Waals surface area contributed by atoms with Crippen molar-refractivity contribution < 1.29 is 9.53 Å². The van der Waals surface area contributed by atoms with Crippen LogP contribution < -0.4 is 20.7 Å². The molecule has 0 aromatic heterocycles. The summed E-state index contributed by atoms with van der Waals surface area (Å²) in [4.78, 5) is 14.0. The molecule has 0 spiro atoms. The van der Waals surface area contributed by atoms with Crippen LogP contribution in [0.3, 0.4) is 0 Å². The number of fused-ring (bicyclic) bond motifs is 1. The number of amides is 1. The van der Waals surface area contributed by atoms with Crippen molar-refractivity contribution in [3.63, 3.8) is 0 Å². The van der Waals surface area contributed by atoms with Gasteiger partial charge in [0.05, 0.1) is 18.8 Å². The van der Waals surface area contributed by atoms with Crippen molar-refractivity contribution in [2.45, 2.75) is 32.8 Å². The lowest BCUT2D eigenvalue weighted by Gasteiger charge is -2.41. The van der Waals surface area contributed by atoms with E-state index in [1.54, 1.807) is 0 Å². The highest BCUT2D eigenvalue weighted by Crippen LogP contribution is 2.40. The number of rotatable bonds is 4. The molecule has 0 bridgehead atoms. The molecule has 1 amide bonds. The molecule has 0 saturated heterocycles. The number of nitrogens with zero attached hydrogens (tertiary/aromatic N) is 1. The van der Waals surface area contributed by atoms with E-state index in [2.05, 4.69) is 5.32 Å². The van der Waals surface area contributed by atoms with Gasteiger partial charge < -0.3 is 20.7 Å². The van der Waals surface area contributed by atoms with Gasteiger partial charge in [-0.05, 0) is 32.4 Å². The predicted molar refractivity (Wildman–Crippen MR) is 81.1 cm³/mol. The van der Waals surface area contributed by atoms with Gasteiger partial charge in [0.25, 0.3) is 0 Å². The average Bonchev–Trinajstić information content (AvgIpc) is 2.34. The maximum absolute atomic E-state index is 12.0. The Kier molecular flexibility index (Phi) is 4.06. The van der Waals surface area contributed by atoms with Crippen molar-refractivity contribution in [1.82, 2.24) is 5.32 Å². The van der Waals surface area contributed by atoms with Crippen molar-refractivity contribution in [2.24, 2.45) is 0 Å². The van der Waals surface area contributed by atoms with E-state index in [4.69, 9.17) is 10.5 Å². The fraction of sp³-hybridized carbons (Fsp3) is 0.533. The molecule has 5 heteroatoms. The highest BCUT2D eigenvalue weighted by atomic mass is 16.5. The number of benzene rings is 1. The Labute approximate surface area is 120 Å². The third-order valence-electron chi connectivity index (χ3n) is 3.21. The third kappa shape index (κ3) is 3.15. The van der Waals surface area contributed by atoms with Crippen LogP contribution in [0, 0.1) is 0 Å². The lowest BCUT2D eigenvalue weighted by Crippen LogP contribution is -2.50. The third-order valence-corrected chi connectivity index (χ3v) is 3.21. The van der Waals surface area contributed by atoms with Gasteiger partial charge in [-0.1, -0.05) is 13.0 Å². The molecule has 0 fully saturated rings. The standard InChI is InChI=1S/C15H23N3O2/c1-4-8-17-13(19)9-18-10-15(2,3)20-12-7-5-6-11(16)14(12)18/h5-7H,4,8-10,16H2,1-3H3,(H,17,19). The molecule has 2 rings (SSSR count). The summed E-state index contributed by atoms with van der Waals surface area (Å²) in [5.74, 6) is 0.753. The number of hydrogen-bond acceptors (Lipinski definition) is 4. The molecule has 20 heavy (non-hydrogen) atoms. The van der Waals surface area contributed by atoms with E-state index in [1.165, 1.54) is 0 Å². The molecule has 0 radical (unpaired) electrons. The van der Waals surface area contributed by atoms with E-state index in [1.807, 2.05) is 43.9 Å². The first kappa shape index (κ1) is 14.5. The van der Waals surface area contributed by atoms with Gasteiger partial charge in [0.2, 0.25) is 5.91 Å². The molecule has 1 aliphatic heterocycles. The number of anilines is 2. The van der Waals surface area contributed by atoms with Crippen LogP contribution in [0.1, 0.15) is 27.2 Å². The second-order valence-electron chi connectivity index (χ2n) is 5.76. The van der Waals surface area contributed by atoms with Gasteiger partial charge in [0.15, 0.2) is 0 Å². The Bertz CT molecular complexity index is 500. The number of nitrogens with two attached hydrogens (primary N) is 1. The molecule has 0 saturated carbocycles. The highest BCUT2D eigenvalue weighted by molar-refractivity contribution is 5.85. The minimum Gasteiger partial charge on any atom is -0.484 e. The molecule has 0 atom stereocenters. The smallest absolute Gasteiger partial charge is 0.239 e. The van der Waals surface area contributed by atoms with Gasteiger partial charge in [-0.3, -0.25) is 4.79 Å². The van der Waals surface area contributed by atoms with Gasteiger partial charge in [0, 0.05) is 6.54 Å². The highest BCUT2D eigenvalue weighted by Gasteiger charge is 2.33. The summed E-state index contributed by atoms with van der Waals surface area (Å²) in [5.41, 5.74) is 7.16. The maximum atomic E-state index is 12.0. The minimum atomic E-state index is -0.341. The van der Waals surface area contributed by atoms with E-state index in [0.29, 0.717) is 25.3 Å². The van der Waals surface area contributed by atoms with Crippen LogP contribution in [0.15, 0.2) is 18.2 Å². The van der Waals surface area contributed by atoms with Gasteiger partial charge in [0.1, 0.15) is 17.0 Å². The van der Waals surface area contributed by atoms with Gasteiger partial charge in [-0.15, -0.1) is 0 Å². The molecule has 0 aliphatic carbocycles. The van der Waals surface area contributed by atoms with E-state index in [0.717, 1.165) is 17.9 Å². The molecule has 110 valence electrons. The molecule has 1 heterocycles. The molecule has 1 aromatic carbocycles. The molecule has 0 unspecified atom stereocenters. The minimum absolute atomic E-state index is 0.0127. The topological polar surface area (TPSA) is 67.6 Å². The van der Waals surface area contributed by atoms with Crippen LogP contribution >= 0.6 is 0 Å². The molecule has 1 aromatic rings. The summed E-state index contributed by atoms with van der Waals surface area (Å²) in [6, 6.07) is 5.59. The zero-order chi connectivity index (χ0) is 14.8. The number of ether oxygens (including phenoxy) is 1. The fourth-order valence-corrected chi connectivity index (χ4v) is 2.46. The number of carbonyl (C=O) groups is 1. The molecular formula is C15H23N3O2. The Morgan fingerprint density at radius 3 is 2.95 bits per heavy atom. The number of para-hydroxylation sites is 1. The van der Waals surface area contributed by atoms with Crippen LogP contribution in [-0.4, -0.2) is 31.1 Å². The van der Waals surface area contributed by atoms with E-state index in [9.17, 15) is 4.79 Å². The summed E-state index contributed by atoms with van der Waals surface area (Å²) >= 11 is 0. The van der Waals surface area contributed by atoms with Gasteiger partial charge in [-0.2, -0.15) is 0 Å². The van der Waals surface area contributed by atoms with Crippen molar-refractivity contribution in [2.75, 3.05) is 30.3 Å². The average molecular weight is 277 g/mol. The lowest BCUT2D eigenvalue weighted by molar-refractivity contribution is -0.119. The van der Waals surface area contributed by atoms with Crippen LogP contribution in [0.4, 0.5) is 11.4 Å². The predicted octanol–water partition coefficient (Wildman–Crippen LogP) is 1.77. The largest absolute Gasteiger partial charge is 0.484 e. The van der Waals surface area contributed by atoms with Crippen molar-refractivity contribution >= 4 is 17.3 Å². The SMILES string of the molecule is CCCNC(=O)CN1CC(C)(C)Oc2cccc(N)c21. The normalized spacial score (nSPS) is 16.2.